The lowest BCUT2D eigenvalue weighted by molar-refractivity contribution is -0.143. The summed E-state index contributed by atoms with van der Waals surface area (Å²) in [6, 6.07) is 5.22. The van der Waals surface area contributed by atoms with Crippen molar-refractivity contribution in [2.24, 2.45) is 0 Å². The second kappa shape index (κ2) is 5.16. The van der Waals surface area contributed by atoms with Crippen molar-refractivity contribution in [1.82, 2.24) is 0 Å². The summed E-state index contributed by atoms with van der Waals surface area (Å²) in [4.78, 5) is 22.1. The van der Waals surface area contributed by atoms with Crippen molar-refractivity contribution in [2.75, 3.05) is 0 Å². The van der Waals surface area contributed by atoms with Crippen LogP contribution in [0.3, 0.4) is 0 Å². The molecule has 5 heteroatoms. The molecule has 0 saturated carbocycles. The molecule has 1 aromatic rings. The molecule has 1 atom stereocenters. The van der Waals surface area contributed by atoms with E-state index in [1.165, 1.54) is 24.3 Å². The van der Waals surface area contributed by atoms with E-state index in [9.17, 15) is 14.0 Å². The topological polar surface area (TPSA) is 63.6 Å². The Morgan fingerprint density at radius 1 is 1.22 bits per heavy atom. The SMILES string of the molecule is CC(C)(C)OC(=O)c1ccc([C@@H](F)C(=O)O)cc1. The van der Waals surface area contributed by atoms with Gasteiger partial charge in [-0.25, -0.2) is 14.0 Å². The Bertz CT molecular complexity index is 445. The van der Waals surface area contributed by atoms with E-state index in [2.05, 4.69) is 0 Å². The quantitative estimate of drug-likeness (QED) is 0.842. The van der Waals surface area contributed by atoms with Gasteiger partial charge in [0.15, 0.2) is 0 Å². The molecule has 0 heterocycles. The Balaban J connectivity index is 2.83. The minimum Gasteiger partial charge on any atom is -0.479 e. The Morgan fingerprint density at radius 2 is 1.72 bits per heavy atom. The van der Waals surface area contributed by atoms with E-state index in [0.717, 1.165) is 0 Å². The maximum atomic E-state index is 13.1. The molecule has 0 spiro atoms. The van der Waals surface area contributed by atoms with Crippen LogP contribution in [-0.4, -0.2) is 22.6 Å². The maximum Gasteiger partial charge on any atom is 0.343 e. The van der Waals surface area contributed by atoms with E-state index in [0.29, 0.717) is 0 Å². The van der Waals surface area contributed by atoms with Gasteiger partial charge in [0.1, 0.15) is 5.60 Å². The minimum atomic E-state index is -2.09. The van der Waals surface area contributed by atoms with Gasteiger partial charge < -0.3 is 9.84 Å². The standard InChI is InChI=1S/C13H15FO4/c1-13(2,3)18-12(17)9-6-4-8(5-7-9)10(14)11(15)16/h4-7,10H,1-3H3,(H,15,16)/t10-/m1/s1. The van der Waals surface area contributed by atoms with Crippen molar-refractivity contribution < 1.29 is 23.8 Å². The second-order valence-corrected chi connectivity index (χ2v) is 4.82. The molecule has 0 bridgehead atoms. The lowest BCUT2D eigenvalue weighted by atomic mass is 10.1. The van der Waals surface area contributed by atoms with Crippen LogP contribution in [0, 0.1) is 0 Å². The number of benzene rings is 1. The van der Waals surface area contributed by atoms with Gasteiger partial charge in [-0.1, -0.05) is 12.1 Å². The van der Waals surface area contributed by atoms with Gasteiger partial charge in [0.05, 0.1) is 5.56 Å². The van der Waals surface area contributed by atoms with Crippen molar-refractivity contribution in [3.63, 3.8) is 0 Å². The van der Waals surface area contributed by atoms with Crippen molar-refractivity contribution in [3.05, 3.63) is 35.4 Å². The smallest absolute Gasteiger partial charge is 0.343 e. The van der Waals surface area contributed by atoms with Gasteiger partial charge >= 0.3 is 11.9 Å². The third-order valence-electron chi connectivity index (χ3n) is 2.05. The average Bonchev–Trinajstić information content (AvgIpc) is 2.26. The molecule has 98 valence electrons. The van der Waals surface area contributed by atoms with Gasteiger partial charge in [-0.05, 0) is 38.5 Å². The zero-order valence-corrected chi connectivity index (χ0v) is 10.4. The molecular formula is C13H15FO4. The molecule has 0 aliphatic carbocycles. The Labute approximate surface area is 104 Å². The third-order valence-corrected chi connectivity index (χ3v) is 2.05. The van der Waals surface area contributed by atoms with Gasteiger partial charge in [0.25, 0.3) is 0 Å². The Kier molecular flexibility index (Phi) is 4.06. The molecule has 0 aliphatic rings. The highest BCUT2D eigenvalue weighted by Crippen LogP contribution is 2.19. The predicted octanol–water partition coefficient (Wildman–Crippen LogP) is 2.74. The molecule has 0 radical (unpaired) electrons. The Hall–Kier alpha value is -1.91. The number of hydrogen-bond donors (Lipinski definition) is 1. The number of hydrogen-bond acceptors (Lipinski definition) is 3. The first kappa shape index (κ1) is 14.2. The summed E-state index contributed by atoms with van der Waals surface area (Å²) in [6.45, 7) is 5.21. The molecule has 1 rings (SSSR count). The van der Waals surface area contributed by atoms with E-state index in [1.807, 2.05) is 0 Å². The fourth-order valence-electron chi connectivity index (χ4n) is 1.27. The van der Waals surface area contributed by atoms with Gasteiger partial charge in [0.2, 0.25) is 6.17 Å². The number of carboxylic acids is 1. The molecule has 0 unspecified atom stereocenters. The molecule has 18 heavy (non-hydrogen) atoms. The molecule has 0 aliphatic heterocycles. The summed E-state index contributed by atoms with van der Waals surface area (Å²) in [5.41, 5.74) is -0.361. The molecule has 1 N–H and O–H groups in total. The van der Waals surface area contributed by atoms with E-state index >= 15 is 0 Å². The fraction of sp³-hybridized carbons (Fsp3) is 0.385. The number of halogens is 1. The van der Waals surface area contributed by atoms with E-state index in [1.54, 1.807) is 20.8 Å². The fourth-order valence-corrected chi connectivity index (χ4v) is 1.27. The van der Waals surface area contributed by atoms with E-state index in [4.69, 9.17) is 9.84 Å². The van der Waals surface area contributed by atoms with Crippen LogP contribution in [0.15, 0.2) is 24.3 Å². The second-order valence-electron chi connectivity index (χ2n) is 4.82. The van der Waals surface area contributed by atoms with Crippen LogP contribution in [0.1, 0.15) is 42.9 Å². The van der Waals surface area contributed by atoms with Crippen LogP contribution in [0.25, 0.3) is 0 Å². The van der Waals surface area contributed by atoms with Crippen molar-refractivity contribution in [3.8, 4) is 0 Å². The van der Waals surface area contributed by atoms with E-state index < -0.39 is 23.7 Å². The van der Waals surface area contributed by atoms with E-state index in [-0.39, 0.29) is 11.1 Å². The Morgan fingerprint density at radius 3 is 2.11 bits per heavy atom. The molecule has 0 aromatic heterocycles. The van der Waals surface area contributed by atoms with Gasteiger partial charge in [-0.2, -0.15) is 0 Å². The van der Waals surface area contributed by atoms with Crippen LogP contribution in [0.4, 0.5) is 4.39 Å². The number of carbonyl (C=O) groups is 2. The largest absolute Gasteiger partial charge is 0.479 e. The number of rotatable bonds is 3. The summed E-state index contributed by atoms with van der Waals surface area (Å²) in [5.74, 6) is -2.08. The molecular weight excluding hydrogens is 239 g/mol. The summed E-state index contributed by atoms with van der Waals surface area (Å²) in [5, 5.41) is 8.50. The van der Waals surface area contributed by atoms with Crippen molar-refractivity contribution >= 4 is 11.9 Å². The highest BCUT2D eigenvalue weighted by molar-refractivity contribution is 5.89. The lowest BCUT2D eigenvalue weighted by Gasteiger charge is -2.19. The normalized spacial score (nSPS) is 12.9. The third kappa shape index (κ3) is 3.84. The molecule has 0 saturated heterocycles. The first-order chi connectivity index (χ1) is 8.20. The monoisotopic (exact) mass is 254 g/mol. The zero-order chi connectivity index (χ0) is 13.9. The number of aliphatic carboxylic acids is 1. The summed E-state index contributed by atoms with van der Waals surface area (Å²) in [7, 11) is 0. The molecule has 0 fully saturated rings. The number of carboxylic acid groups (broad SMARTS) is 1. The van der Waals surface area contributed by atoms with Crippen LogP contribution in [0.5, 0.6) is 0 Å². The molecule has 1 aromatic carbocycles. The van der Waals surface area contributed by atoms with Crippen LogP contribution in [0.2, 0.25) is 0 Å². The van der Waals surface area contributed by atoms with Crippen LogP contribution >= 0.6 is 0 Å². The minimum absolute atomic E-state index is 0.00481. The van der Waals surface area contributed by atoms with Crippen LogP contribution < -0.4 is 0 Å². The maximum absolute atomic E-state index is 13.1. The van der Waals surface area contributed by atoms with Gasteiger partial charge in [-0.15, -0.1) is 0 Å². The number of esters is 1. The number of alkyl halides is 1. The zero-order valence-electron chi connectivity index (χ0n) is 10.4. The lowest BCUT2D eigenvalue weighted by Crippen LogP contribution is -2.23. The first-order valence-corrected chi connectivity index (χ1v) is 5.41. The van der Waals surface area contributed by atoms with Gasteiger partial charge in [0, 0.05) is 0 Å². The summed E-state index contributed by atoms with van der Waals surface area (Å²) >= 11 is 0. The van der Waals surface area contributed by atoms with Crippen molar-refractivity contribution in [1.29, 1.82) is 0 Å². The molecule has 0 amide bonds. The van der Waals surface area contributed by atoms with Crippen LogP contribution in [-0.2, 0) is 9.53 Å². The molecule has 4 nitrogen and oxygen atoms in total. The number of carbonyl (C=O) groups excluding carboxylic acids is 1. The summed E-state index contributed by atoms with van der Waals surface area (Å²) in [6.07, 6.45) is -2.09. The summed E-state index contributed by atoms with van der Waals surface area (Å²) < 4.78 is 18.3. The first-order valence-electron chi connectivity index (χ1n) is 5.41. The average molecular weight is 254 g/mol. The predicted molar refractivity (Wildman–Crippen MR) is 63.1 cm³/mol. The van der Waals surface area contributed by atoms with Crippen molar-refractivity contribution in [2.45, 2.75) is 32.5 Å². The number of ether oxygens (including phenoxy) is 1. The highest BCUT2D eigenvalue weighted by atomic mass is 19.1. The highest BCUT2D eigenvalue weighted by Gasteiger charge is 2.20. The van der Waals surface area contributed by atoms with Gasteiger partial charge in [-0.3, -0.25) is 0 Å².